The molecule has 31 heavy (non-hydrogen) atoms. The first-order valence-corrected chi connectivity index (χ1v) is 10.6. The van der Waals surface area contributed by atoms with E-state index in [2.05, 4.69) is 35.0 Å². The van der Waals surface area contributed by atoms with Gasteiger partial charge in [0, 0.05) is 21.9 Å². The number of rotatable bonds is 6. The van der Waals surface area contributed by atoms with Gasteiger partial charge < -0.3 is 14.4 Å². The molecule has 0 saturated heterocycles. The first-order valence-electron chi connectivity index (χ1n) is 9.80. The molecule has 1 N–H and O–H groups in total. The van der Waals surface area contributed by atoms with E-state index in [4.69, 9.17) is 9.72 Å². The van der Waals surface area contributed by atoms with Gasteiger partial charge in [-0.1, -0.05) is 40.2 Å². The molecule has 0 radical (unpaired) electrons. The highest BCUT2D eigenvalue weighted by atomic mass is 79.9. The summed E-state index contributed by atoms with van der Waals surface area (Å²) in [5.41, 5.74) is 4.80. The van der Waals surface area contributed by atoms with Crippen molar-refractivity contribution >= 4 is 21.9 Å². The van der Waals surface area contributed by atoms with E-state index in [0.29, 0.717) is 18.1 Å². The van der Waals surface area contributed by atoms with Crippen LogP contribution < -0.4 is 4.74 Å². The lowest BCUT2D eigenvalue weighted by atomic mass is 10.1. The molecule has 0 aliphatic heterocycles. The fourth-order valence-corrected chi connectivity index (χ4v) is 3.95. The van der Waals surface area contributed by atoms with Crippen molar-refractivity contribution in [3.8, 4) is 22.8 Å². The monoisotopic (exact) mass is 476 g/mol. The molecule has 0 amide bonds. The zero-order chi connectivity index (χ0) is 22.0. The van der Waals surface area contributed by atoms with Crippen LogP contribution in [0.5, 0.6) is 5.75 Å². The third-order valence-electron chi connectivity index (χ3n) is 5.20. The minimum absolute atomic E-state index is 0.265. The summed E-state index contributed by atoms with van der Waals surface area (Å²) in [6.07, 6.45) is 1.73. The van der Waals surface area contributed by atoms with Crippen molar-refractivity contribution in [2.75, 3.05) is 0 Å². The van der Waals surface area contributed by atoms with Crippen molar-refractivity contribution in [1.82, 2.24) is 9.55 Å². The van der Waals surface area contributed by atoms with Gasteiger partial charge in [0.2, 0.25) is 0 Å². The minimum Gasteiger partial charge on any atom is -0.488 e. The molecular formula is C25H21BrN2O3. The maximum Gasteiger partial charge on any atom is 0.337 e. The number of para-hydroxylation sites is 1. The SMILES string of the molecule is Cc1cc(Br)ccc1COc1ccccc1-c1cccc(-n2ccc(C(=O)O)c2C)n1. The normalized spacial score (nSPS) is 10.8. The Kier molecular flexibility index (Phi) is 5.91. The van der Waals surface area contributed by atoms with Crippen LogP contribution in [-0.2, 0) is 6.61 Å². The van der Waals surface area contributed by atoms with Crippen LogP contribution in [0.15, 0.2) is 77.4 Å². The van der Waals surface area contributed by atoms with Gasteiger partial charge in [-0.2, -0.15) is 0 Å². The van der Waals surface area contributed by atoms with Gasteiger partial charge in [-0.15, -0.1) is 0 Å². The van der Waals surface area contributed by atoms with Gasteiger partial charge in [-0.3, -0.25) is 0 Å². The van der Waals surface area contributed by atoms with Crippen LogP contribution in [0, 0.1) is 13.8 Å². The molecule has 4 rings (SSSR count). The Hall–Kier alpha value is -3.38. The summed E-state index contributed by atoms with van der Waals surface area (Å²) in [5.74, 6) is 0.445. The maximum absolute atomic E-state index is 11.4. The minimum atomic E-state index is -0.950. The molecule has 0 spiro atoms. The summed E-state index contributed by atoms with van der Waals surface area (Å²) in [7, 11) is 0. The van der Waals surface area contributed by atoms with Crippen LogP contribution in [0.1, 0.15) is 27.2 Å². The predicted molar refractivity (Wildman–Crippen MR) is 124 cm³/mol. The number of aromatic nitrogens is 2. The Labute approximate surface area is 189 Å². The first kappa shape index (κ1) is 20.9. The molecule has 4 aromatic rings. The number of aromatic carboxylic acids is 1. The van der Waals surface area contributed by atoms with Gasteiger partial charge in [-0.05, 0) is 67.4 Å². The molecule has 6 heteroatoms. The Morgan fingerprint density at radius 3 is 2.61 bits per heavy atom. The quantitative estimate of drug-likeness (QED) is 0.360. The van der Waals surface area contributed by atoms with E-state index in [1.165, 1.54) is 0 Å². The van der Waals surface area contributed by atoms with Gasteiger partial charge in [0.25, 0.3) is 0 Å². The van der Waals surface area contributed by atoms with Crippen LogP contribution in [-0.4, -0.2) is 20.6 Å². The Balaban J connectivity index is 1.65. The number of carbonyl (C=O) groups is 1. The molecule has 0 unspecified atom stereocenters. The van der Waals surface area contributed by atoms with Gasteiger partial charge in [0.05, 0.1) is 11.3 Å². The molecule has 0 aliphatic rings. The maximum atomic E-state index is 11.4. The summed E-state index contributed by atoms with van der Waals surface area (Å²) in [6.45, 7) is 4.29. The number of nitrogens with zero attached hydrogens (tertiary/aromatic N) is 2. The van der Waals surface area contributed by atoms with Crippen LogP contribution in [0.25, 0.3) is 17.1 Å². The van der Waals surface area contributed by atoms with Crippen molar-refractivity contribution in [2.24, 2.45) is 0 Å². The molecule has 156 valence electrons. The number of hydrogen-bond donors (Lipinski definition) is 1. The average Bonchev–Trinajstić information content (AvgIpc) is 3.15. The predicted octanol–water partition coefficient (Wildman–Crippen LogP) is 6.20. The second-order valence-electron chi connectivity index (χ2n) is 7.23. The van der Waals surface area contributed by atoms with Crippen molar-refractivity contribution in [2.45, 2.75) is 20.5 Å². The standard InChI is InChI=1S/C25H21BrN2O3/c1-16-14-19(26)11-10-18(16)15-31-23-8-4-3-6-21(23)22-7-5-9-24(27-22)28-13-12-20(17(28)2)25(29)30/h3-14H,15H2,1-2H3,(H,29,30). The topological polar surface area (TPSA) is 64.3 Å². The third kappa shape index (κ3) is 4.39. The highest BCUT2D eigenvalue weighted by Gasteiger charge is 2.14. The van der Waals surface area contributed by atoms with Crippen LogP contribution in [0.2, 0.25) is 0 Å². The molecule has 5 nitrogen and oxygen atoms in total. The van der Waals surface area contributed by atoms with Crippen molar-refractivity contribution in [3.63, 3.8) is 0 Å². The second kappa shape index (κ2) is 8.78. The van der Waals surface area contributed by atoms with Crippen LogP contribution in [0.3, 0.4) is 0 Å². The van der Waals surface area contributed by atoms with E-state index in [1.807, 2.05) is 48.5 Å². The molecule has 0 saturated carbocycles. The highest BCUT2D eigenvalue weighted by Crippen LogP contribution is 2.30. The van der Waals surface area contributed by atoms with E-state index in [9.17, 15) is 9.90 Å². The average molecular weight is 477 g/mol. The summed E-state index contributed by atoms with van der Waals surface area (Å²) in [6, 6.07) is 21.2. The fraction of sp³-hybridized carbons (Fsp3) is 0.120. The lowest BCUT2D eigenvalue weighted by Gasteiger charge is -2.14. The van der Waals surface area contributed by atoms with Gasteiger partial charge in [0.1, 0.15) is 18.2 Å². The Bertz CT molecular complexity index is 1260. The molecule has 2 aromatic carbocycles. The second-order valence-corrected chi connectivity index (χ2v) is 8.14. The largest absolute Gasteiger partial charge is 0.488 e. The van der Waals surface area contributed by atoms with Gasteiger partial charge in [0.15, 0.2) is 0 Å². The fourth-order valence-electron chi connectivity index (χ4n) is 3.47. The summed E-state index contributed by atoms with van der Waals surface area (Å²) >= 11 is 3.49. The molecule has 2 aromatic heterocycles. The molecule has 0 fully saturated rings. The molecule has 0 bridgehead atoms. The summed E-state index contributed by atoms with van der Waals surface area (Å²) in [4.78, 5) is 16.2. The number of benzene rings is 2. The number of pyridine rings is 1. The first-order chi connectivity index (χ1) is 14.9. The summed E-state index contributed by atoms with van der Waals surface area (Å²) < 4.78 is 8.99. The van der Waals surface area contributed by atoms with Crippen molar-refractivity contribution in [1.29, 1.82) is 0 Å². The smallest absolute Gasteiger partial charge is 0.337 e. The lowest BCUT2D eigenvalue weighted by Crippen LogP contribution is -2.03. The summed E-state index contributed by atoms with van der Waals surface area (Å²) in [5, 5.41) is 9.33. The number of carboxylic acids is 1. The van der Waals surface area contributed by atoms with Gasteiger partial charge >= 0.3 is 5.97 Å². The van der Waals surface area contributed by atoms with E-state index < -0.39 is 5.97 Å². The molecule has 0 atom stereocenters. The number of hydrogen-bond acceptors (Lipinski definition) is 3. The Morgan fingerprint density at radius 1 is 1.06 bits per heavy atom. The van der Waals surface area contributed by atoms with E-state index in [-0.39, 0.29) is 5.56 Å². The molecular weight excluding hydrogens is 456 g/mol. The Morgan fingerprint density at radius 2 is 1.87 bits per heavy atom. The lowest BCUT2D eigenvalue weighted by molar-refractivity contribution is 0.0696. The third-order valence-corrected chi connectivity index (χ3v) is 5.70. The number of ether oxygens (including phenoxy) is 1. The van der Waals surface area contributed by atoms with Gasteiger partial charge in [-0.25, -0.2) is 9.78 Å². The zero-order valence-corrected chi connectivity index (χ0v) is 18.8. The number of carboxylic acid groups (broad SMARTS) is 1. The van der Waals surface area contributed by atoms with E-state index >= 15 is 0 Å². The van der Waals surface area contributed by atoms with Crippen LogP contribution >= 0.6 is 15.9 Å². The highest BCUT2D eigenvalue weighted by molar-refractivity contribution is 9.10. The zero-order valence-electron chi connectivity index (χ0n) is 17.2. The van der Waals surface area contributed by atoms with E-state index in [0.717, 1.165) is 32.6 Å². The van der Waals surface area contributed by atoms with E-state index in [1.54, 1.807) is 23.8 Å². The van der Waals surface area contributed by atoms with Crippen molar-refractivity contribution in [3.05, 3.63) is 99.8 Å². The molecule has 2 heterocycles. The number of aryl methyl sites for hydroxylation is 1. The van der Waals surface area contributed by atoms with Crippen molar-refractivity contribution < 1.29 is 14.6 Å². The van der Waals surface area contributed by atoms with Crippen LogP contribution in [0.4, 0.5) is 0 Å². The molecule has 0 aliphatic carbocycles. The number of halogens is 1.